The van der Waals surface area contributed by atoms with Crippen molar-refractivity contribution in [1.82, 2.24) is 10.4 Å². The summed E-state index contributed by atoms with van der Waals surface area (Å²) in [7, 11) is -1.89. The van der Waals surface area contributed by atoms with Crippen molar-refractivity contribution in [3.8, 4) is 0 Å². The lowest BCUT2D eigenvalue weighted by atomic mass is 9.79. The zero-order valence-electron chi connectivity index (χ0n) is 11.1. The molecule has 2 rings (SSSR count). The number of carbonyl (C=O) groups is 1. The van der Waals surface area contributed by atoms with Gasteiger partial charge in [-0.2, -0.15) is 0 Å². The van der Waals surface area contributed by atoms with Crippen molar-refractivity contribution in [3.05, 3.63) is 33.9 Å². The lowest BCUT2D eigenvalue weighted by Gasteiger charge is -2.26. The number of nitrogens with zero attached hydrogens (tertiary/aromatic N) is 2. The predicted octanol–water partition coefficient (Wildman–Crippen LogP) is -1.75. The Morgan fingerprint density at radius 2 is 2.00 bits per heavy atom. The smallest absolute Gasteiger partial charge is 0.423 e. The van der Waals surface area contributed by atoms with E-state index in [1.54, 1.807) is 5.01 Å². The average molecular weight is 295 g/mol. The van der Waals surface area contributed by atoms with Crippen LogP contribution >= 0.6 is 0 Å². The lowest BCUT2D eigenvalue weighted by Crippen LogP contribution is -2.48. The summed E-state index contributed by atoms with van der Waals surface area (Å²) in [5, 5.41) is 30.7. The van der Waals surface area contributed by atoms with E-state index in [4.69, 9.17) is 14.8 Å². The molecule has 0 saturated carbocycles. The third-order valence-corrected chi connectivity index (χ3v) is 2.98. The second kappa shape index (κ2) is 6.63. The highest BCUT2D eigenvalue weighted by molar-refractivity contribution is 6.58. The molecule has 9 nitrogen and oxygen atoms in total. The molecule has 1 aliphatic heterocycles. The number of amides is 1. The van der Waals surface area contributed by atoms with Gasteiger partial charge in [-0.1, -0.05) is 0 Å². The molecule has 0 atom stereocenters. The summed E-state index contributed by atoms with van der Waals surface area (Å²) in [4.78, 5) is 22.2. The third kappa shape index (κ3) is 3.98. The second-order valence-electron chi connectivity index (χ2n) is 4.48. The molecule has 0 radical (unpaired) electrons. The van der Waals surface area contributed by atoms with Crippen molar-refractivity contribution in [2.24, 2.45) is 0 Å². The molecule has 3 N–H and O–H groups in total. The molecule has 112 valence electrons. The average Bonchev–Trinajstić information content (AvgIpc) is 2.47. The monoisotopic (exact) mass is 295 g/mol. The minimum absolute atomic E-state index is 0.0150. The van der Waals surface area contributed by atoms with Crippen LogP contribution in [0.4, 0.5) is 5.69 Å². The normalized spacial score (nSPS) is 15.5. The number of rotatable bonds is 4. The van der Waals surface area contributed by atoms with E-state index in [0.29, 0.717) is 26.3 Å². The first-order valence-corrected chi connectivity index (χ1v) is 6.26. The van der Waals surface area contributed by atoms with E-state index in [1.807, 2.05) is 0 Å². The topological polar surface area (TPSA) is 125 Å². The van der Waals surface area contributed by atoms with E-state index in [0.717, 1.165) is 12.1 Å². The highest BCUT2D eigenvalue weighted by atomic mass is 16.6. The molecule has 21 heavy (non-hydrogen) atoms. The van der Waals surface area contributed by atoms with Crippen LogP contribution in [0.3, 0.4) is 0 Å². The fourth-order valence-electron chi connectivity index (χ4n) is 1.90. The van der Waals surface area contributed by atoms with Crippen molar-refractivity contribution in [3.63, 3.8) is 0 Å². The summed E-state index contributed by atoms with van der Waals surface area (Å²) in [5.74, 6) is -0.553. The van der Waals surface area contributed by atoms with E-state index in [9.17, 15) is 14.9 Å². The Hall–Kier alpha value is -2.01. The van der Waals surface area contributed by atoms with Crippen molar-refractivity contribution < 1.29 is 24.5 Å². The van der Waals surface area contributed by atoms with Crippen LogP contribution in [0.1, 0.15) is 10.4 Å². The summed E-state index contributed by atoms with van der Waals surface area (Å²) in [6.07, 6.45) is 0. The molecule has 1 aromatic rings. The Balaban J connectivity index is 2.20. The van der Waals surface area contributed by atoms with Crippen molar-refractivity contribution in [1.29, 1.82) is 0 Å². The van der Waals surface area contributed by atoms with Crippen LogP contribution in [-0.4, -0.2) is 59.3 Å². The van der Waals surface area contributed by atoms with E-state index < -0.39 is 17.9 Å². The zero-order valence-corrected chi connectivity index (χ0v) is 11.1. The summed E-state index contributed by atoms with van der Waals surface area (Å²) in [5.41, 5.74) is 2.08. The summed E-state index contributed by atoms with van der Waals surface area (Å²) in [6, 6.07) is 3.30. The molecule has 0 unspecified atom stereocenters. The maximum atomic E-state index is 12.1. The van der Waals surface area contributed by atoms with Crippen LogP contribution in [0.5, 0.6) is 0 Å². The van der Waals surface area contributed by atoms with Gasteiger partial charge in [0.1, 0.15) is 0 Å². The highest BCUT2D eigenvalue weighted by Crippen LogP contribution is 2.12. The zero-order chi connectivity index (χ0) is 15.4. The van der Waals surface area contributed by atoms with Gasteiger partial charge in [-0.15, -0.1) is 0 Å². The van der Waals surface area contributed by atoms with Gasteiger partial charge in [0, 0.05) is 30.8 Å². The maximum Gasteiger partial charge on any atom is 0.488 e. The first kappa shape index (κ1) is 15.4. The number of ether oxygens (including phenoxy) is 1. The molecular weight excluding hydrogens is 281 g/mol. The van der Waals surface area contributed by atoms with Crippen LogP contribution in [0.15, 0.2) is 18.2 Å². The number of hydrazine groups is 1. The van der Waals surface area contributed by atoms with E-state index in [-0.39, 0.29) is 16.7 Å². The first-order chi connectivity index (χ1) is 9.97. The Labute approximate surface area is 120 Å². The Morgan fingerprint density at radius 1 is 1.33 bits per heavy atom. The number of morpholine rings is 1. The van der Waals surface area contributed by atoms with Crippen LogP contribution < -0.4 is 10.9 Å². The van der Waals surface area contributed by atoms with E-state index >= 15 is 0 Å². The highest BCUT2D eigenvalue weighted by Gasteiger charge is 2.21. The van der Waals surface area contributed by atoms with Gasteiger partial charge in [-0.05, 0) is 11.5 Å². The number of benzene rings is 1. The summed E-state index contributed by atoms with van der Waals surface area (Å²) < 4.78 is 5.14. The molecule has 0 aliphatic carbocycles. The van der Waals surface area contributed by atoms with E-state index in [1.165, 1.54) is 6.07 Å². The largest absolute Gasteiger partial charge is 0.488 e. The molecule has 1 aliphatic rings. The minimum atomic E-state index is -1.89. The third-order valence-electron chi connectivity index (χ3n) is 2.98. The van der Waals surface area contributed by atoms with Gasteiger partial charge < -0.3 is 14.8 Å². The number of non-ortho nitro benzene ring substituents is 1. The van der Waals surface area contributed by atoms with E-state index in [2.05, 4.69) is 5.43 Å². The number of hydrogen-bond acceptors (Lipinski definition) is 7. The van der Waals surface area contributed by atoms with Crippen LogP contribution in [0.2, 0.25) is 0 Å². The van der Waals surface area contributed by atoms with Crippen LogP contribution in [0, 0.1) is 10.1 Å². The molecule has 1 amide bonds. The van der Waals surface area contributed by atoms with Crippen LogP contribution in [0.25, 0.3) is 0 Å². The fraction of sp³-hybridized carbons (Fsp3) is 0.364. The molecule has 1 aromatic carbocycles. The molecule has 1 heterocycles. The summed E-state index contributed by atoms with van der Waals surface area (Å²) in [6.45, 7) is 1.98. The molecule has 10 heteroatoms. The summed E-state index contributed by atoms with van der Waals surface area (Å²) >= 11 is 0. The van der Waals surface area contributed by atoms with Crippen LogP contribution in [-0.2, 0) is 4.74 Å². The van der Waals surface area contributed by atoms with Gasteiger partial charge in [0.15, 0.2) is 0 Å². The Bertz CT molecular complexity index is 547. The lowest BCUT2D eigenvalue weighted by molar-refractivity contribution is -0.384. The van der Waals surface area contributed by atoms with Gasteiger partial charge in [-0.3, -0.25) is 20.3 Å². The number of carbonyl (C=O) groups excluding carboxylic acids is 1. The number of nitro groups is 1. The molecular formula is C11H14BN3O6. The minimum Gasteiger partial charge on any atom is -0.423 e. The molecule has 1 saturated heterocycles. The van der Waals surface area contributed by atoms with Crippen molar-refractivity contribution in [2.75, 3.05) is 26.3 Å². The molecule has 0 spiro atoms. The number of nitro benzene ring substituents is 1. The fourth-order valence-corrected chi connectivity index (χ4v) is 1.90. The number of nitrogens with one attached hydrogen (secondary N) is 1. The van der Waals surface area contributed by atoms with Crippen molar-refractivity contribution >= 4 is 24.2 Å². The van der Waals surface area contributed by atoms with Gasteiger partial charge in [-0.25, -0.2) is 5.01 Å². The van der Waals surface area contributed by atoms with Gasteiger partial charge >= 0.3 is 7.12 Å². The molecule has 1 fully saturated rings. The first-order valence-electron chi connectivity index (χ1n) is 6.26. The second-order valence-corrected chi connectivity index (χ2v) is 4.48. The predicted molar refractivity (Wildman–Crippen MR) is 72.8 cm³/mol. The number of hydrogen-bond donors (Lipinski definition) is 3. The maximum absolute atomic E-state index is 12.1. The Kier molecular flexibility index (Phi) is 4.86. The van der Waals surface area contributed by atoms with Crippen molar-refractivity contribution in [2.45, 2.75) is 0 Å². The van der Waals surface area contributed by atoms with Gasteiger partial charge in [0.2, 0.25) is 0 Å². The SMILES string of the molecule is O=C(NN1CCOCC1)c1cc(B(O)O)cc([N+](=O)[O-])c1. The molecule has 0 bridgehead atoms. The molecule has 0 aromatic heterocycles. The quantitative estimate of drug-likeness (QED) is 0.342. The van der Waals surface area contributed by atoms with Gasteiger partial charge in [0.05, 0.1) is 18.1 Å². The Morgan fingerprint density at radius 3 is 2.57 bits per heavy atom. The van der Waals surface area contributed by atoms with Gasteiger partial charge in [0.25, 0.3) is 11.6 Å². The standard InChI is InChI=1S/C11H14BN3O6/c16-11(13-14-1-3-21-4-2-14)8-5-9(12(17)18)7-10(6-8)15(19)20/h5-7,17-18H,1-4H2,(H,13,16).